The number of nitrogen functional groups attached to an aromatic ring is 1. The van der Waals surface area contributed by atoms with Crippen molar-refractivity contribution in [2.24, 2.45) is 0 Å². The first kappa shape index (κ1) is 18.8. The predicted octanol–water partition coefficient (Wildman–Crippen LogP) is -1.30. The van der Waals surface area contributed by atoms with E-state index >= 15 is 0 Å². The fourth-order valence-electron chi connectivity index (χ4n) is 1.49. The molecule has 0 aliphatic carbocycles. The van der Waals surface area contributed by atoms with Crippen molar-refractivity contribution in [2.75, 3.05) is 12.3 Å². The highest BCUT2D eigenvalue weighted by Gasteiger charge is 2.29. The van der Waals surface area contributed by atoms with E-state index < -0.39 is 58.6 Å². The molecule has 5 N–H and O–H groups in total. The number of hydrogen-bond acceptors (Lipinski definition) is 9. The van der Waals surface area contributed by atoms with E-state index in [0.717, 1.165) is 12.1 Å². The molecule has 11 nitrogen and oxygen atoms in total. The maximum absolute atomic E-state index is 11.7. The molecule has 22 heavy (non-hydrogen) atoms. The van der Waals surface area contributed by atoms with Crippen molar-refractivity contribution in [1.29, 1.82) is 0 Å². The van der Waals surface area contributed by atoms with Gasteiger partial charge in [0.25, 0.3) is 10.1 Å². The molecule has 1 unspecified atom stereocenters. The number of rotatable bonds is 6. The van der Waals surface area contributed by atoms with Crippen LogP contribution in [0.1, 0.15) is 10.8 Å². The largest absolute Gasteiger partial charge is 0.412 e. The van der Waals surface area contributed by atoms with Crippen molar-refractivity contribution >= 4 is 36.3 Å². The molecule has 1 aromatic rings. The zero-order chi connectivity index (χ0) is 17.3. The molecule has 0 radical (unpaired) electrons. The minimum absolute atomic E-state index is 0.392. The van der Waals surface area contributed by atoms with Crippen molar-refractivity contribution < 1.29 is 43.1 Å². The third kappa shape index (κ3) is 4.60. The molecule has 0 saturated carbocycles. The second kappa shape index (κ2) is 6.07. The van der Waals surface area contributed by atoms with E-state index in [9.17, 15) is 25.3 Å². The molecule has 126 valence electrons. The number of aliphatic hydroxyl groups excluding tert-OH is 1. The van der Waals surface area contributed by atoms with Crippen molar-refractivity contribution in [2.45, 2.75) is 10.1 Å². The molecular formula is C8H11NO10S3. The third-order valence-corrected chi connectivity index (χ3v) is 5.82. The van der Waals surface area contributed by atoms with Gasteiger partial charge in [-0.05, 0) is 17.7 Å². The highest BCUT2D eigenvalue weighted by Crippen LogP contribution is 2.28. The van der Waals surface area contributed by atoms with Gasteiger partial charge in [-0.2, -0.15) is 25.3 Å². The van der Waals surface area contributed by atoms with Crippen LogP contribution in [0.3, 0.4) is 0 Å². The van der Waals surface area contributed by atoms with Crippen LogP contribution in [-0.2, 0) is 34.3 Å². The zero-order valence-corrected chi connectivity index (χ0v) is 13.0. The van der Waals surface area contributed by atoms with Gasteiger partial charge in [0.1, 0.15) is 10.1 Å². The van der Waals surface area contributed by atoms with E-state index in [-0.39, 0.29) is 0 Å². The summed E-state index contributed by atoms with van der Waals surface area (Å²) in [5, 5.41) is 7.10. The van der Waals surface area contributed by atoms with Gasteiger partial charge in [-0.25, -0.2) is 0 Å². The molecule has 0 aliphatic rings. The summed E-state index contributed by atoms with van der Waals surface area (Å²) >= 11 is 0. The van der Waals surface area contributed by atoms with Gasteiger partial charge < -0.3 is 10.8 Å². The quantitative estimate of drug-likeness (QED) is 0.339. The SMILES string of the molecule is Nc1ccc(C(CO)S(=O)(=O)O)cc1S(=O)(=O)OS(=O)(=O)O. The first-order valence-electron chi connectivity index (χ1n) is 5.18. The monoisotopic (exact) mass is 377 g/mol. The van der Waals surface area contributed by atoms with Crippen molar-refractivity contribution in [3.8, 4) is 0 Å². The summed E-state index contributed by atoms with van der Waals surface area (Å²) in [7, 11) is -15.2. The van der Waals surface area contributed by atoms with Crippen LogP contribution in [0.5, 0.6) is 0 Å². The topological polar surface area (TPSA) is 198 Å². The Bertz CT molecular complexity index is 871. The van der Waals surface area contributed by atoms with Crippen LogP contribution in [0.15, 0.2) is 23.1 Å². The van der Waals surface area contributed by atoms with E-state index in [4.69, 9.17) is 19.9 Å². The minimum atomic E-state index is -5.37. The standard InChI is InChI=1S/C8H11NO10S3/c9-6-2-1-5(8(4-10)20(11,12)13)3-7(6)21(14,15)19-22(16,17)18/h1-3,8,10H,4,9H2,(H,11,12,13)(H,16,17,18). The molecule has 0 saturated heterocycles. The normalized spacial score (nSPS) is 14.7. The van der Waals surface area contributed by atoms with Crippen LogP contribution in [0.4, 0.5) is 5.69 Å². The molecule has 0 spiro atoms. The Kier molecular flexibility index (Phi) is 5.18. The van der Waals surface area contributed by atoms with E-state index in [1.165, 1.54) is 0 Å². The van der Waals surface area contributed by atoms with Crippen molar-refractivity contribution in [3.05, 3.63) is 23.8 Å². The number of anilines is 1. The molecule has 1 atom stereocenters. The average molecular weight is 377 g/mol. The van der Waals surface area contributed by atoms with Gasteiger partial charge in [0, 0.05) is 0 Å². The summed E-state index contributed by atoms with van der Waals surface area (Å²) in [6.07, 6.45) is 0. The smallest absolute Gasteiger partial charge is 0.398 e. The molecule has 1 aromatic carbocycles. The highest BCUT2D eigenvalue weighted by molar-refractivity contribution is 7.97. The molecule has 14 heteroatoms. The Morgan fingerprint density at radius 2 is 1.64 bits per heavy atom. The summed E-state index contributed by atoms with van der Waals surface area (Å²) in [5.74, 6) is 0. The van der Waals surface area contributed by atoms with E-state index in [2.05, 4.69) is 3.63 Å². The van der Waals surface area contributed by atoms with Crippen LogP contribution in [0, 0.1) is 0 Å². The minimum Gasteiger partial charge on any atom is -0.398 e. The fraction of sp³-hybridized carbons (Fsp3) is 0.250. The lowest BCUT2D eigenvalue weighted by Crippen LogP contribution is -2.18. The molecule has 0 fully saturated rings. The van der Waals surface area contributed by atoms with Gasteiger partial charge in [-0.3, -0.25) is 9.11 Å². The van der Waals surface area contributed by atoms with Crippen molar-refractivity contribution in [1.82, 2.24) is 0 Å². The Morgan fingerprint density at radius 1 is 1.09 bits per heavy atom. The Hall–Kier alpha value is -1.29. The maximum Gasteiger partial charge on any atom is 0.412 e. The summed E-state index contributed by atoms with van der Waals surface area (Å²) in [6.45, 7) is -1.08. The van der Waals surface area contributed by atoms with Crippen LogP contribution in [0.25, 0.3) is 0 Å². The van der Waals surface area contributed by atoms with Crippen LogP contribution in [-0.4, -0.2) is 46.1 Å². The van der Waals surface area contributed by atoms with Gasteiger partial charge in [0.15, 0.2) is 0 Å². The van der Waals surface area contributed by atoms with Crippen LogP contribution >= 0.6 is 0 Å². The first-order valence-corrected chi connectivity index (χ1v) is 9.45. The molecule has 0 aromatic heterocycles. The predicted molar refractivity (Wildman–Crippen MR) is 72.0 cm³/mol. The molecular weight excluding hydrogens is 366 g/mol. The van der Waals surface area contributed by atoms with Crippen LogP contribution in [0.2, 0.25) is 0 Å². The average Bonchev–Trinajstić information content (AvgIpc) is 2.26. The van der Waals surface area contributed by atoms with Gasteiger partial charge in [0.2, 0.25) is 0 Å². The Morgan fingerprint density at radius 3 is 2.05 bits per heavy atom. The fourth-order valence-corrected chi connectivity index (χ4v) is 4.00. The van der Waals surface area contributed by atoms with E-state index in [1.807, 2.05) is 0 Å². The van der Waals surface area contributed by atoms with Crippen molar-refractivity contribution in [3.63, 3.8) is 0 Å². The Labute approximate surface area is 126 Å². The molecule has 0 bridgehead atoms. The third-order valence-electron chi connectivity index (χ3n) is 2.38. The summed E-state index contributed by atoms with van der Waals surface area (Å²) in [5.41, 5.74) is 4.43. The first-order chi connectivity index (χ1) is 9.78. The number of nitrogens with two attached hydrogens (primary N) is 1. The lowest BCUT2D eigenvalue weighted by atomic mass is 10.1. The number of benzene rings is 1. The molecule has 0 amide bonds. The van der Waals surface area contributed by atoms with E-state index in [0.29, 0.717) is 6.07 Å². The molecule has 0 aliphatic heterocycles. The lowest BCUT2D eigenvalue weighted by molar-refractivity contribution is 0.285. The summed E-state index contributed by atoms with van der Waals surface area (Å²) in [4.78, 5) is -0.968. The van der Waals surface area contributed by atoms with Gasteiger partial charge in [0.05, 0.1) is 12.3 Å². The molecule has 1 rings (SSSR count). The summed E-state index contributed by atoms with van der Waals surface area (Å²) in [6, 6.07) is 2.48. The van der Waals surface area contributed by atoms with Crippen LogP contribution < -0.4 is 5.73 Å². The number of aliphatic hydroxyl groups is 1. The maximum atomic E-state index is 11.7. The second-order valence-electron chi connectivity index (χ2n) is 3.93. The van der Waals surface area contributed by atoms with Gasteiger partial charge in [-0.15, -0.1) is 3.63 Å². The molecule has 0 heterocycles. The lowest BCUT2D eigenvalue weighted by Gasteiger charge is -2.13. The second-order valence-corrected chi connectivity index (χ2v) is 8.28. The van der Waals surface area contributed by atoms with Gasteiger partial charge in [-0.1, -0.05) is 6.07 Å². The summed E-state index contributed by atoms with van der Waals surface area (Å²) < 4.78 is 87.4. The number of hydrogen-bond donors (Lipinski definition) is 4. The van der Waals surface area contributed by atoms with Gasteiger partial charge >= 0.3 is 20.5 Å². The highest BCUT2D eigenvalue weighted by atomic mass is 32.3. The van der Waals surface area contributed by atoms with E-state index in [1.54, 1.807) is 0 Å². The zero-order valence-electron chi connectivity index (χ0n) is 10.5. The Balaban J connectivity index is 3.50.